The van der Waals surface area contributed by atoms with Crippen molar-refractivity contribution < 1.29 is 8.78 Å². The molecule has 1 fully saturated rings. The van der Waals surface area contributed by atoms with Crippen molar-refractivity contribution in [2.75, 3.05) is 20.6 Å². The number of rotatable bonds is 5. The van der Waals surface area contributed by atoms with Gasteiger partial charge in [-0.3, -0.25) is 0 Å². The highest BCUT2D eigenvalue weighted by atomic mass is 19.2. The smallest absolute Gasteiger partial charge is 0.159 e. The van der Waals surface area contributed by atoms with Gasteiger partial charge in [0.2, 0.25) is 0 Å². The second-order valence-corrected chi connectivity index (χ2v) is 6.22. The van der Waals surface area contributed by atoms with Gasteiger partial charge >= 0.3 is 0 Å². The minimum atomic E-state index is -0.781. The van der Waals surface area contributed by atoms with Crippen LogP contribution in [0.15, 0.2) is 18.2 Å². The molecule has 0 saturated heterocycles. The van der Waals surface area contributed by atoms with Crippen molar-refractivity contribution in [1.82, 2.24) is 10.2 Å². The number of nitrogens with zero attached hydrogens (tertiary/aromatic N) is 1. The summed E-state index contributed by atoms with van der Waals surface area (Å²) in [6.45, 7) is 2.86. The van der Waals surface area contributed by atoms with E-state index < -0.39 is 11.6 Å². The SMILES string of the molecule is CCNC(c1ccc(F)c(F)c1)C1(N(C)C)CCCCC1. The molecule has 2 rings (SSSR count). The van der Waals surface area contributed by atoms with Crippen LogP contribution in [0.4, 0.5) is 8.78 Å². The molecule has 2 nitrogen and oxygen atoms in total. The summed E-state index contributed by atoms with van der Waals surface area (Å²) in [5, 5.41) is 3.51. The Bertz CT molecular complexity index is 468. The maximum atomic E-state index is 13.7. The first-order valence-corrected chi connectivity index (χ1v) is 7.87. The van der Waals surface area contributed by atoms with Gasteiger partial charge in [0.25, 0.3) is 0 Å². The maximum absolute atomic E-state index is 13.7. The van der Waals surface area contributed by atoms with E-state index in [0.717, 1.165) is 24.9 Å². The lowest BCUT2D eigenvalue weighted by atomic mass is 9.73. The molecule has 0 bridgehead atoms. The van der Waals surface area contributed by atoms with Gasteiger partial charge in [0.05, 0.1) is 6.04 Å². The summed E-state index contributed by atoms with van der Waals surface area (Å²) in [4.78, 5) is 2.26. The van der Waals surface area contributed by atoms with Crippen LogP contribution in [0.1, 0.15) is 50.6 Å². The van der Waals surface area contributed by atoms with Crippen LogP contribution in [-0.4, -0.2) is 31.1 Å². The Hall–Kier alpha value is -1.00. The van der Waals surface area contributed by atoms with E-state index in [-0.39, 0.29) is 11.6 Å². The van der Waals surface area contributed by atoms with Crippen molar-refractivity contribution in [3.8, 4) is 0 Å². The zero-order valence-corrected chi connectivity index (χ0v) is 13.3. The number of benzene rings is 1. The van der Waals surface area contributed by atoms with Gasteiger partial charge in [-0.2, -0.15) is 0 Å². The third-order valence-electron chi connectivity index (χ3n) is 4.83. The predicted molar refractivity (Wildman–Crippen MR) is 82.3 cm³/mol. The molecule has 1 aliphatic carbocycles. The van der Waals surface area contributed by atoms with Crippen molar-refractivity contribution in [1.29, 1.82) is 0 Å². The van der Waals surface area contributed by atoms with E-state index in [2.05, 4.69) is 31.2 Å². The second kappa shape index (κ2) is 6.84. The summed E-state index contributed by atoms with van der Waals surface area (Å²) >= 11 is 0. The average molecular weight is 296 g/mol. The van der Waals surface area contributed by atoms with Gasteiger partial charge < -0.3 is 10.2 Å². The Morgan fingerprint density at radius 2 is 1.81 bits per heavy atom. The summed E-state index contributed by atoms with van der Waals surface area (Å²) in [5.74, 6) is -1.54. The van der Waals surface area contributed by atoms with E-state index in [1.54, 1.807) is 6.07 Å². The molecule has 1 aliphatic rings. The van der Waals surface area contributed by atoms with Crippen LogP contribution in [0.2, 0.25) is 0 Å². The summed E-state index contributed by atoms with van der Waals surface area (Å²) in [7, 11) is 4.19. The highest BCUT2D eigenvalue weighted by Gasteiger charge is 2.42. The minimum absolute atomic E-state index is 0.0212. The second-order valence-electron chi connectivity index (χ2n) is 6.22. The molecule has 1 saturated carbocycles. The van der Waals surface area contributed by atoms with Crippen molar-refractivity contribution in [3.63, 3.8) is 0 Å². The summed E-state index contributed by atoms with van der Waals surface area (Å²) in [5.41, 5.74) is 0.810. The number of halogens is 2. The fourth-order valence-corrected chi connectivity index (χ4v) is 3.67. The molecule has 1 unspecified atom stereocenters. The van der Waals surface area contributed by atoms with Crippen LogP contribution in [0, 0.1) is 11.6 Å². The molecule has 1 aromatic rings. The molecule has 0 spiro atoms. The Labute approximate surface area is 126 Å². The Kier molecular flexibility index (Phi) is 5.33. The summed E-state index contributed by atoms with van der Waals surface area (Å²) in [6.07, 6.45) is 5.78. The lowest BCUT2D eigenvalue weighted by Gasteiger charge is -2.49. The van der Waals surface area contributed by atoms with Crippen LogP contribution >= 0.6 is 0 Å². The molecule has 0 amide bonds. The molecule has 1 aromatic carbocycles. The fourth-order valence-electron chi connectivity index (χ4n) is 3.67. The van der Waals surface area contributed by atoms with Crippen LogP contribution < -0.4 is 5.32 Å². The van der Waals surface area contributed by atoms with E-state index >= 15 is 0 Å². The van der Waals surface area contributed by atoms with E-state index in [4.69, 9.17) is 0 Å². The monoisotopic (exact) mass is 296 g/mol. The van der Waals surface area contributed by atoms with Gasteiger partial charge in [-0.15, -0.1) is 0 Å². The molecule has 0 aliphatic heterocycles. The lowest BCUT2D eigenvalue weighted by Crippen LogP contribution is -2.54. The zero-order chi connectivity index (χ0) is 15.5. The Morgan fingerprint density at radius 3 is 2.33 bits per heavy atom. The average Bonchev–Trinajstić information content (AvgIpc) is 2.48. The molecule has 0 radical (unpaired) electrons. The predicted octanol–water partition coefficient (Wildman–Crippen LogP) is 3.88. The molecule has 1 atom stereocenters. The molecule has 0 heterocycles. The van der Waals surface area contributed by atoms with E-state index in [1.165, 1.54) is 31.4 Å². The van der Waals surface area contributed by atoms with E-state index in [9.17, 15) is 8.78 Å². The molecule has 21 heavy (non-hydrogen) atoms. The summed E-state index contributed by atoms with van der Waals surface area (Å²) < 4.78 is 26.9. The summed E-state index contributed by atoms with van der Waals surface area (Å²) in [6, 6.07) is 4.32. The van der Waals surface area contributed by atoms with Gasteiger partial charge in [-0.1, -0.05) is 32.3 Å². The molecular weight excluding hydrogens is 270 g/mol. The highest BCUT2D eigenvalue weighted by molar-refractivity contribution is 5.25. The van der Waals surface area contributed by atoms with Crippen molar-refractivity contribution in [3.05, 3.63) is 35.4 Å². The normalized spacial score (nSPS) is 19.7. The van der Waals surface area contributed by atoms with Crippen LogP contribution in [0.3, 0.4) is 0 Å². The number of nitrogens with one attached hydrogen (secondary N) is 1. The first-order valence-electron chi connectivity index (χ1n) is 7.87. The Morgan fingerprint density at radius 1 is 1.14 bits per heavy atom. The van der Waals surface area contributed by atoms with Gasteiger partial charge in [-0.05, 0) is 51.2 Å². The third-order valence-corrected chi connectivity index (χ3v) is 4.83. The first kappa shape index (κ1) is 16.4. The minimum Gasteiger partial charge on any atom is -0.309 e. The van der Waals surface area contributed by atoms with Crippen LogP contribution in [-0.2, 0) is 0 Å². The number of hydrogen-bond donors (Lipinski definition) is 1. The molecule has 0 aromatic heterocycles. The number of likely N-dealkylation sites (N-methyl/N-ethyl adjacent to an activating group) is 2. The number of hydrogen-bond acceptors (Lipinski definition) is 2. The van der Waals surface area contributed by atoms with Crippen LogP contribution in [0.5, 0.6) is 0 Å². The largest absolute Gasteiger partial charge is 0.309 e. The molecular formula is C17H26F2N2. The van der Waals surface area contributed by atoms with Crippen molar-refractivity contribution in [2.45, 2.75) is 50.6 Å². The first-order chi connectivity index (χ1) is 10.0. The Balaban J connectivity index is 2.41. The maximum Gasteiger partial charge on any atom is 0.159 e. The molecule has 1 N–H and O–H groups in total. The van der Waals surface area contributed by atoms with Crippen molar-refractivity contribution >= 4 is 0 Å². The highest BCUT2D eigenvalue weighted by Crippen LogP contribution is 2.42. The quantitative estimate of drug-likeness (QED) is 0.887. The standard InChI is InChI=1S/C17H26F2N2/c1-4-20-16(13-8-9-14(18)15(19)12-13)17(21(2)3)10-6-5-7-11-17/h8-9,12,16,20H,4-7,10-11H2,1-3H3. The molecule has 118 valence electrons. The molecule has 4 heteroatoms. The third kappa shape index (κ3) is 3.27. The van der Waals surface area contributed by atoms with Gasteiger partial charge in [0.15, 0.2) is 11.6 Å². The van der Waals surface area contributed by atoms with Gasteiger partial charge in [-0.25, -0.2) is 8.78 Å². The van der Waals surface area contributed by atoms with Gasteiger partial charge in [0, 0.05) is 5.54 Å². The van der Waals surface area contributed by atoms with Gasteiger partial charge in [0.1, 0.15) is 0 Å². The lowest BCUT2D eigenvalue weighted by molar-refractivity contribution is 0.0569. The van der Waals surface area contributed by atoms with E-state index in [1.807, 2.05) is 0 Å². The topological polar surface area (TPSA) is 15.3 Å². The fraction of sp³-hybridized carbons (Fsp3) is 0.647. The van der Waals surface area contributed by atoms with Crippen LogP contribution in [0.25, 0.3) is 0 Å². The van der Waals surface area contributed by atoms with Crippen molar-refractivity contribution in [2.24, 2.45) is 0 Å². The van der Waals surface area contributed by atoms with E-state index in [0.29, 0.717) is 0 Å². The zero-order valence-electron chi connectivity index (χ0n) is 13.3.